The summed E-state index contributed by atoms with van der Waals surface area (Å²) in [4.78, 5) is 11.4. The summed E-state index contributed by atoms with van der Waals surface area (Å²) in [6.45, 7) is 3.70. The van der Waals surface area contributed by atoms with E-state index in [1.165, 1.54) is 6.08 Å². The highest BCUT2D eigenvalue weighted by Crippen LogP contribution is 2.27. The maximum absolute atomic E-state index is 11.4. The molecular formula is C13H16O4. The van der Waals surface area contributed by atoms with Gasteiger partial charge in [0.05, 0.1) is 20.6 Å². The summed E-state index contributed by atoms with van der Waals surface area (Å²) < 4.78 is 15.1. The minimum atomic E-state index is -0.294. The van der Waals surface area contributed by atoms with Crippen LogP contribution in [-0.4, -0.2) is 26.8 Å². The third kappa shape index (κ3) is 3.83. The average molecular weight is 236 g/mol. The summed E-state index contributed by atoms with van der Waals surface area (Å²) in [5, 5.41) is 0. The van der Waals surface area contributed by atoms with Gasteiger partial charge < -0.3 is 14.2 Å². The molecule has 17 heavy (non-hydrogen) atoms. The van der Waals surface area contributed by atoms with Gasteiger partial charge in [-0.05, 0) is 17.7 Å². The highest BCUT2D eigenvalue weighted by Gasteiger charge is 2.08. The molecule has 4 heteroatoms. The second-order valence-electron chi connectivity index (χ2n) is 3.34. The number of ether oxygens (including phenoxy) is 3. The SMILES string of the molecule is C=CCOC(=O)Cc1ccc(OC)c(OC)c1. The Morgan fingerprint density at radius 1 is 1.29 bits per heavy atom. The summed E-state index contributed by atoms with van der Waals surface area (Å²) in [7, 11) is 3.12. The Morgan fingerprint density at radius 2 is 2.00 bits per heavy atom. The Kier molecular flexibility index (Phi) is 5.07. The van der Waals surface area contributed by atoms with Gasteiger partial charge in [-0.15, -0.1) is 0 Å². The van der Waals surface area contributed by atoms with E-state index in [1.807, 2.05) is 0 Å². The van der Waals surface area contributed by atoms with Crippen molar-refractivity contribution in [3.63, 3.8) is 0 Å². The molecule has 92 valence electrons. The second kappa shape index (κ2) is 6.58. The van der Waals surface area contributed by atoms with Gasteiger partial charge in [0.15, 0.2) is 11.5 Å². The number of rotatable bonds is 6. The van der Waals surface area contributed by atoms with Crippen molar-refractivity contribution in [2.45, 2.75) is 6.42 Å². The summed E-state index contributed by atoms with van der Waals surface area (Å²) >= 11 is 0. The van der Waals surface area contributed by atoms with Crippen LogP contribution in [0, 0.1) is 0 Å². The van der Waals surface area contributed by atoms with E-state index in [1.54, 1.807) is 32.4 Å². The molecular weight excluding hydrogens is 220 g/mol. The highest BCUT2D eigenvalue weighted by molar-refractivity contribution is 5.73. The van der Waals surface area contributed by atoms with Crippen LogP contribution in [0.3, 0.4) is 0 Å². The molecule has 0 saturated heterocycles. The molecule has 0 saturated carbocycles. The quantitative estimate of drug-likeness (QED) is 0.559. The van der Waals surface area contributed by atoms with Gasteiger partial charge >= 0.3 is 5.97 Å². The molecule has 0 heterocycles. The van der Waals surface area contributed by atoms with Crippen molar-refractivity contribution in [2.75, 3.05) is 20.8 Å². The highest BCUT2D eigenvalue weighted by atomic mass is 16.5. The molecule has 0 unspecified atom stereocenters. The molecule has 4 nitrogen and oxygen atoms in total. The molecule has 0 atom stereocenters. The Hall–Kier alpha value is -1.97. The summed E-state index contributed by atoms with van der Waals surface area (Å²) in [6, 6.07) is 5.32. The van der Waals surface area contributed by atoms with Crippen molar-refractivity contribution < 1.29 is 19.0 Å². The smallest absolute Gasteiger partial charge is 0.310 e. The zero-order chi connectivity index (χ0) is 12.7. The van der Waals surface area contributed by atoms with Gasteiger partial charge in [0.1, 0.15) is 6.61 Å². The number of methoxy groups -OCH3 is 2. The lowest BCUT2D eigenvalue weighted by Gasteiger charge is -2.09. The Labute approximate surface area is 101 Å². The van der Waals surface area contributed by atoms with Gasteiger partial charge in [0.25, 0.3) is 0 Å². The van der Waals surface area contributed by atoms with Gasteiger partial charge in [-0.25, -0.2) is 0 Å². The number of hydrogen-bond acceptors (Lipinski definition) is 4. The molecule has 0 aliphatic rings. The van der Waals surface area contributed by atoms with Crippen molar-refractivity contribution in [3.05, 3.63) is 36.4 Å². The zero-order valence-corrected chi connectivity index (χ0v) is 10.1. The number of carbonyl (C=O) groups excluding carboxylic acids is 1. The van der Waals surface area contributed by atoms with Crippen molar-refractivity contribution in [1.82, 2.24) is 0 Å². The molecule has 0 radical (unpaired) electrons. The van der Waals surface area contributed by atoms with Crippen LogP contribution in [-0.2, 0) is 16.0 Å². The predicted molar refractivity (Wildman–Crippen MR) is 64.4 cm³/mol. The largest absolute Gasteiger partial charge is 0.493 e. The predicted octanol–water partition coefficient (Wildman–Crippen LogP) is 1.98. The number of hydrogen-bond donors (Lipinski definition) is 0. The van der Waals surface area contributed by atoms with E-state index in [-0.39, 0.29) is 19.0 Å². The zero-order valence-electron chi connectivity index (χ0n) is 10.1. The van der Waals surface area contributed by atoms with Crippen molar-refractivity contribution in [1.29, 1.82) is 0 Å². The topological polar surface area (TPSA) is 44.8 Å². The standard InChI is InChI=1S/C13H16O4/c1-4-7-17-13(14)9-10-5-6-11(15-2)12(8-10)16-3/h4-6,8H,1,7,9H2,2-3H3. The van der Waals surface area contributed by atoms with E-state index in [9.17, 15) is 4.79 Å². The van der Waals surface area contributed by atoms with Crippen LogP contribution < -0.4 is 9.47 Å². The lowest BCUT2D eigenvalue weighted by molar-refractivity contribution is -0.141. The first-order chi connectivity index (χ1) is 8.21. The number of esters is 1. The minimum absolute atomic E-state index is 0.203. The molecule has 0 aromatic heterocycles. The molecule has 0 aliphatic heterocycles. The molecule has 1 aromatic carbocycles. The lowest BCUT2D eigenvalue weighted by Crippen LogP contribution is -2.08. The Bertz CT molecular complexity index is 398. The summed E-state index contributed by atoms with van der Waals surface area (Å²) in [5.41, 5.74) is 0.816. The van der Waals surface area contributed by atoms with Crippen LogP contribution in [0.25, 0.3) is 0 Å². The van der Waals surface area contributed by atoms with Crippen LogP contribution in [0.1, 0.15) is 5.56 Å². The van der Waals surface area contributed by atoms with E-state index in [2.05, 4.69) is 6.58 Å². The monoisotopic (exact) mass is 236 g/mol. The van der Waals surface area contributed by atoms with Crippen LogP contribution in [0.2, 0.25) is 0 Å². The fourth-order valence-corrected chi connectivity index (χ4v) is 1.36. The fraction of sp³-hybridized carbons (Fsp3) is 0.308. The first kappa shape index (κ1) is 13.1. The van der Waals surface area contributed by atoms with Gasteiger partial charge in [0, 0.05) is 0 Å². The lowest BCUT2D eigenvalue weighted by atomic mass is 10.1. The second-order valence-corrected chi connectivity index (χ2v) is 3.34. The third-order valence-electron chi connectivity index (χ3n) is 2.16. The van der Waals surface area contributed by atoms with E-state index >= 15 is 0 Å². The molecule has 0 fully saturated rings. The average Bonchev–Trinajstić information content (AvgIpc) is 2.36. The molecule has 1 aromatic rings. The summed E-state index contributed by atoms with van der Waals surface area (Å²) in [6.07, 6.45) is 1.74. The normalized spacial score (nSPS) is 9.53. The molecule has 0 amide bonds. The van der Waals surface area contributed by atoms with Crippen LogP contribution in [0.4, 0.5) is 0 Å². The maximum atomic E-state index is 11.4. The van der Waals surface area contributed by atoms with Crippen LogP contribution in [0.5, 0.6) is 11.5 Å². The number of carbonyl (C=O) groups is 1. The van der Waals surface area contributed by atoms with E-state index < -0.39 is 0 Å². The number of benzene rings is 1. The van der Waals surface area contributed by atoms with E-state index in [4.69, 9.17) is 14.2 Å². The van der Waals surface area contributed by atoms with Gasteiger partial charge in [-0.2, -0.15) is 0 Å². The molecule has 0 bridgehead atoms. The van der Waals surface area contributed by atoms with Crippen LogP contribution in [0.15, 0.2) is 30.9 Å². The first-order valence-electron chi connectivity index (χ1n) is 5.18. The summed E-state index contributed by atoms with van der Waals surface area (Å²) in [5.74, 6) is 0.939. The van der Waals surface area contributed by atoms with Crippen LogP contribution >= 0.6 is 0 Å². The first-order valence-corrected chi connectivity index (χ1v) is 5.18. The fourth-order valence-electron chi connectivity index (χ4n) is 1.36. The Balaban J connectivity index is 2.71. The van der Waals surface area contributed by atoms with Crippen molar-refractivity contribution >= 4 is 5.97 Å². The third-order valence-corrected chi connectivity index (χ3v) is 2.16. The van der Waals surface area contributed by atoms with Gasteiger partial charge in [-0.1, -0.05) is 18.7 Å². The molecule has 1 rings (SSSR count). The molecule has 0 spiro atoms. The van der Waals surface area contributed by atoms with E-state index in [0.717, 1.165) is 5.56 Å². The van der Waals surface area contributed by atoms with Crippen molar-refractivity contribution in [3.8, 4) is 11.5 Å². The Morgan fingerprint density at radius 3 is 2.59 bits per heavy atom. The minimum Gasteiger partial charge on any atom is -0.493 e. The van der Waals surface area contributed by atoms with Crippen molar-refractivity contribution in [2.24, 2.45) is 0 Å². The molecule has 0 aliphatic carbocycles. The van der Waals surface area contributed by atoms with Gasteiger partial charge in [-0.3, -0.25) is 4.79 Å². The van der Waals surface area contributed by atoms with Gasteiger partial charge in [0.2, 0.25) is 0 Å². The molecule has 0 N–H and O–H groups in total. The van der Waals surface area contributed by atoms with E-state index in [0.29, 0.717) is 11.5 Å². The maximum Gasteiger partial charge on any atom is 0.310 e.